The predicted molar refractivity (Wildman–Crippen MR) is 384 cm³/mol. The maximum atomic E-state index is 9.94. The van der Waals surface area contributed by atoms with E-state index in [1.807, 2.05) is 66.7 Å². The summed E-state index contributed by atoms with van der Waals surface area (Å²) in [5, 5.41) is 38.1. The van der Waals surface area contributed by atoms with E-state index in [1.165, 1.54) is 82.2 Å². The summed E-state index contributed by atoms with van der Waals surface area (Å²) in [4.78, 5) is 0. The summed E-state index contributed by atoms with van der Waals surface area (Å²) in [6.45, 7) is 0. The van der Waals surface area contributed by atoms with Crippen LogP contribution in [-0.2, 0) is 0 Å². The van der Waals surface area contributed by atoms with Crippen LogP contribution < -0.4 is 5.46 Å². The van der Waals surface area contributed by atoms with Crippen LogP contribution >= 0.6 is 15.9 Å². The van der Waals surface area contributed by atoms with Gasteiger partial charge >= 0.3 is 7.12 Å². The van der Waals surface area contributed by atoms with Crippen LogP contribution in [0, 0.1) is 0 Å². The van der Waals surface area contributed by atoms with E-state index in [9.17, 15) is 10.0 Å². The van der Waals surface area contributed by atoms with Gasteiger partial charge < -0.3 is 18.9 Å². The summed E-state index contributed by atoms with van der Waals surface area (Å²) in [6.07, 6.45) is 0. The topological polar surface area (TPSA) is 66.7 Å². The van der Waals surface area contributed by atoms with E-state index in [2.05, 4.69) is 265 Å². The first kappa shape index (κ1) is 54.5. The molecule has 0 spiro atoms. The number of fused-ring (bicyclic) bond motifs is 14. The molecule has 16 aromatic carbocycles. The molecule has 0 unspecified atom stereocenters. The zero-order valence-electron chi connectivity index (χ0n) is 48.7. The number of hydrogen-bond donors (Lipinski definition) is 2. The molecular weight excluding hydrogens is 1160 g/mol. The fourth-order valence-corrected chi connectivity index (χ4v) is 13.8. The molecule has 0 aliphatic heterocycles. The Kier molecular flexibility index (Phi) is 13.9. The lowest BCUT2D eigenvalue weighted by Gasteiger charge is -2.18. The normalized spacial score (nSPS) is 11.5. The van der Waals surface area contributed by atoms with Crippen LogP contribution in [0.4, 0.5) is 0 Å². The Morgan fingerprint density at radius 3 is 0.922 bits per heavy atom. The Hall–Kier alpha value is -10.9. The van der Waals surface area contributed by atoms with Crippen molar-refractivity contribution < 1.29 is 18.9 Å². The number of rotatable bonds is 6. The van der Waals surface area contributed by atoms with Gasteiger partial charge in [-0.15, -0.1) is 0 Å². The van der Waals surface area contributed by atoms with E-state index in [4.69, 9.17) is 8.83 Å². The number of benzene rings is 16. The molecule has 6 heteroatoms. The highest BCUT2D eigenvalue weighted by atomic mass is 79.9. The van der Waals surface area contributed by atoms with Crippen LogP contribution in [0.5, 0.6) is 0 Å². The van der Waals surface area contributed by atoms with Crippen LogP contribution in [0.3, 0.4) is 0 Å². The van der Waals surface area contributed by atoms with Crippen LogP contribution in [0.25, 0.3) is 164 Å². The van der Waals surface area contributed by atoms with Gasteiger partial charge in [-0.05, 0) is 163 Å². The van der Waals surface area contributed by atoms with Gasteiger partial charge in [-0.25, -0.2) is 0 Å². The first-order chi connectivity index (χ1) is 44.4. The molecule has 4 nitrogen and oxygen atoms in total. The Balaban J connectivity index is 0.000000117. The van der Waals surface area contributed by atoms with Crippen molar-refractivity contribution in [1.29, 1.82) is 0 Å². The predicted octanol–water partition coefficient (Wildman–Crippen LogP) is 22.6. The van der Waals surface area contributed by atoms with Crippen LogP contribution in [0.1, 0.15) is 0 Å². The Bertz CT molecular complexity index is 5640. The fraction of sp³-hybridized carbons (Fsp3) is 0. The standard InChI is InChI=1S/C42H26O.C22H13BrO.C20H15BO2/c1-2-11-29(12-3-1)40-33-14-6-8-16-35(33)41(36-17-9-7-15-34(36)40)30-20-18-27(19-21-30)31-23-25-39-38(26-31)37-24-22-28-10-4-5-13-32(28)42(37)43-39;23-17-9-5-14(6-10-17)16-8-12-21-20(13-16)19-11-7-15-3-1-2-4-18(15)22(19)24-21;22-21(23)20-17-12-6-4-10-15(17)19(14-8-2-1-3-9-14)16-11-5-7-13-18(16)20/h1-26H;1-13H;1-13,22-23H. The van der Waals surface area contributed by atoms with Gasteiger partial charge in [0.05, 0.1) is 0 Å². The molecule has 0 atom stereocenters. The number of hydrogen-bond acceptors (Lipinski definition) is 4. The monoisotopic (exact) mass is 1220 g/mol. The summed E-state index contributed by atoms with van der Waals surface area (Å²) in [6, 6.07) is 110. The molecule has 2 N–H and O–H groups in total. The van der Waals surface area contributed by atoms with Gasteiger partial charge in [0.15, 0.2) is 0 Å². The minimum Gasteiger partial charge on any atom is -0.455 e. The lowest BCUT2D eigenvalue weighted by atomic mass is 9.72. The fourth-order valence-electron chi connectivity index (χ4n) is 13.6. The molecule has 0 saturated heterocycles. The molecule has 18 rings (SSSR count). The molecule has 0 radical (unpaired) electrons. The van der Waals surface area contributed by atoms with Crippen molar-refractivity contribution >= 4 is 137 Å². The third-order valence-corrected chi connectivity index (χ3v) is 18.2. The SMILES string of the molecule is Brc1ccc(-c2ccc3oc4c5ccccc5ccc4c3c2)cc1.OB(O)c1c2ccccc2c(-c2ccccc2)c2ccccc12.c1ccc(-c2c3ccccc3c(-c3ccc(-c4ccc5oc6c7ccccc7ccc6c5c4)cc3)c3ccccc23)cc1. The van der Waals surface area contributed by atoms with Crippen molar-refractivity contribution in [3.8, 4) is 55.6 Å². The summed E-state index contributed by atoms with van der Waals surface area (Å²) in [5.41, 5.74) is 16.4. The smallest absolute Gasteiger partial charge is 0.455 e. The second kappa shape index (κ2) is 23.0. The van der Waals surface area contributed by atoms with Crippen molar-refractivity contribution in [3.05, 3.63) is 320 Å². The van der Waals surface area contributed by atoms with Crippen molar-refractivity contribution in [2.45, 2.75) is 0 Å². The highest BCUT2D eigenvalue weighted by Gasteiger charge is 2.23. The van der Waals surface area contributed by atoms with Crippen LogP contribution in [0.15, 0.2) is 329 Å². The molecule has 0 saturated carbocycles. The van der Waals surface area contributed by atoms with Crippen LogP contribution in [-0.4, -0.2) is 17.2 Å². The third kappa shape index (κ3) is 9.66. The summed E-state index contributed by atoms with van der Waals surface area (Å²) < 4.78 is 13.6. The van der Waals surface area contributed by atoms with E-state index in [0.717, 1.165) is 86.4 Å². The van der Waals surface area contributed by atoms with Gasteiger partial charge in [0.25, 0.3) is 0 Å². The second-order valence-corrected chi connectivity index (χ2v) is 23.8. The minimum atomic E-state index is -1.50. The van der Waals surface area contributed by atoms with Gasteiger partial charge in [-0.2, -0.15) is 0 Å². The van der Waals surface area contributed by atoms with E-state index < -0.39 is 7.12 Å². The highest BCUT2D eigenvalue weighted by Crippen LogP contribution is 2.45. The summed E-state index contributed by atoms with van der Waals surface area (Å²) in [7, 11) is -1.50. The highest BCUT2D eigenvalue weighted by molar-refractivity contribution is 9.10. The zero-order valence-corrected chi connectivity index (χ0v) is 50.3. The summed E-state index contributed by atoms with van der Waals surface area (Å²) >= 11 is 3.49. The average molecular weight is 1220 g/mol. The molecule has 0 aliphatic carbocycles. The van der Waals surface area contributed by atoms with E-state index >= 15 is 0 Å². The van der Waals surface area contributed by atoms with Crippen molar-refractivity contribution in [2.75, 3.05) is 0 Å². The second-order valence-electron chi connectivity index (χ2n) is 22.9. The molecule has 2 heterocycles. The van der Waals surface area contributed by atoms with Crippen LogP contribution in [0.2, 0.25) is 0 Å². The Labute approximate surface area is 528 Å². The molecule has 2 aromatic heterocycles. The largest absolute Gasteiger partial charge is 0.489 e. The maximum absolute atomic E-state index is 9.94. The van der Waals surface area contributed by atoms with Gasteiger partial charge in [0, 0.05) is 36.8 Å². The Morgan fingerprint density at radius 2 is 0.533 bits per heavy atom. The Morgan fingerprint density at radius 1 is 0.233 bits per heavy atom. The lowest BCUT2D eigenvalue weighted by Crippen LogP contribution is -2.31. The van der Waals surface area contributed by atoms with E-state index in [0.29, 0.717) is 5.46 Å². The van der Waals surface area contributed by atoms with Gasteiger partial charge in [0.2, 0.25) is 0 Å². The molecule has 0 aliphatic rings. The first-order valence-electron chi connectivity index (χ1n) is 30.3. The molecule has 0 bridgehead atoms. The van der Waals surface area contributed by atoms with Gasteiger partial charge in [-0.1, -0.05) is 283 Å². The van der Waals surface area contributed by atoms with Gasteiger partial charge in [0.1, 0.15) is 22.3 Å². The first-order valence-corrected chi connectivity index (χ1v) is 31.1. The molecule has 18 aromatic rings. The molecule has 424 valence electrons. The quantitative estimate of drug-likeness (QED) is 0.129. The molecule has 90 heavy (non-hydrogen) atoms. The van der Waals surface area contributed by atoms with Crippen molar-refractivity contribution in [3.63, 3.8) is 0 Å². The minimum absolute atomic E-state index is 0.566. The average Bonchev–Trinajstić information content (AvgIpc) is 0.994. The zero-order chi connectivity index (χ0) is 60.2. The van der Waals surface area contributed by atoms with Gasteiger partial charge in [-0.3, -0.25) is 0 Å². The summed E-state index contributed by atoms with van der Waals surface area (Å²) in [5.74, 6) is 0. The maximum Gasteiger partial charge on any atom is 0.489 e. The van der Waals surface area contributed by atoms with Crippen molar-refractivity contribution in [1.82, 2.24) is 0 Å². The number of halogens is 1. The molecular formula is C84H54BBrO4. The van der Waals surface area contributed by atoms with E-state index in [1.54, 1.807) is 0 Å². The molecule has 0 fully saturated rings. The third-order valence-electron chi connectivity index (χ3n) is 17.7. The van der Waals surface area contributed by atoms with Crippen molar-refractivity contribution in [2.24, 2.45) is 0 Å². The van der Waals surface area contributed by atoms with E-state index in [-0.39, 0.29) is 0 Å². The lowest BCUT2D eigenvalue weighted by molar-refractivity contribution is 0.426. The number of furan rings is 2. The molecule has 0 amide bonds.